The fourth-order valence-electron chi connectivity index (χ4n) is 6.49. The maximum Gasteiger partial charge on any atom is 0.0452 e. The van der Waals surface area contributed by atoms with E-state index in [1.807, 2.05) is 0 Å². The summed E-state index contributed by atoms with van der Waals surface area (Å²) in [4.78, 5) is 4.84. The van der Waals surface area contributed by atoms with Gasteiger partial charge < -0.3 is 9.80 Å². The van der Waals surface area contributed by atoms with Crippen molar-refractivity contribution in [2.45, 2.75) is 26.9 Å². The van der Waals surface area contributed by atoms with Gasteiger partial charge in [0.2, 0.25) is 0 Å². The molecule has 0 fully saturated rings. The van der Waals surface area contributed by atoms with E-state index in [1.165, 1.54) is 77.4 Å². The molecule has 0 amide bonds. The molecule has 1 aliphatic heterocycles. The minimum absolute atomic E-state index is 0.831. The predicted molar refractivity (Wildman–Crippen MR) is 172 cm³/mol. The summed E-state index contributed by atoms with van der Waals surface area (Å²) in [6, 6.07) is 41.0. The van der Waals surface area contributed by atoms with Gasteiger partial charge in [0, 0.05) is 49.7 Å². The first-order chi connectivity index (χ1) is 19.4. The van der Waals surface area contributed by atoms with Crippen LogP contribution in [0.5, 0.6) is 0 Å². The molecule has 40 heavy (non-hydrogen) atoms. The van der Waals surface area contributed by atoms with Crippen molar-refractivity contribution >= 4 is 32.9 Å². The summed E-state index contributed by atoms with van der Waals surface area (Å²) in [5.74, 6) is 0. The Balaban J connectivity index is 1.50. The molecule has 6 aromatic carbocycles. The molecule has 2 nitrogen and oxygen atoms in total. The van der Waals surface area contributed by atoms with Crippen molar-refractivity contribution in [3.63, 3.8) is 0 Å². The van der Waals surface area contributed by atoms with Gasteiger partial charge >= 0.3 is 0 Å². The molecule has 1 aliphatic rings. The third-order valence-corrected chi connectivity index (χ3v) is 8.29. The van der Waals surface area contributed by atoms with Crippen LogP contribution in [0.15, 0.2) is 109 Å². The highest BCUT2D eigenvalue weighted by Crippen LogP contribution is 2.39. The molecule has 6 aromatic rings. The Hall–Kier alpha value is -4.56. The van der Waals surface area contributed by atoms with Crippen molar-refractivity contribution in [3.8, 4) is 22.3 Å². The van der Waals surface area contributed by atoms with E-state index >= 15 is 0 Å². The number of hydrogen-bond acceptors (Lipinski definition) is 2. The largest absolute Gasteiger partial charge is 0.370 e. The molecule has 0 atom stereocenters. The van der Waals surface area contributed by atoms with Crippen LogP contribution in [-0.4, -0.2) is 14.1 Å². The molecule has 196 valence electrons. The molecule has 0 spiro atoms. The van der Waals surface area contributed by atoms with Gasteiger partial charge in [-0.2, -0.15) is 0 Å². The lowest BCUT2D eigenvalue weighted by molar-refractivity contribution is 0.917. The highest BCUT2D eigenvalue weighted by Gasteiger charge is 2.18. The Morgan fingerprint density at radius 1 is 0.450 bits per heavy atom. The first-order valence-corrected chi connectivity index (χ1v) is 14.1. The fourth-order valence-corrected chi connectivity index (χ4v) is 6.49. The summed E-state index contributed by atoms with van der Waals surface area (Å²) in [5, 5.41) is 5.09. The lowest BCUT2D eigenvalue weighted by atomic mass is 9.93. The van der Waals surface area contributed by atoms with Gasteiger partial charge in [-0.15, -0.1) is 0 Å². The number of hydrogen-bond donors (Lipinski definition) is 0. The van der Waals surface area contributed by atoms with Crippen molar-refractivity contribution < 1.29 is 0 Å². The number of aryl methyl sites for hydroxylation is 2. The summed E-state index contributed by atoms with van der Waals surface area (Å²) < 4.78 is 0. The molecule has 0 saturated carbocycles. The second kappa shape index (κ2) is 9.57. The maximum atomic E-state index is 2.42. The van der Waals surface area contributed by atoms with E-state index in [9.17, 15) is 0 Å². The highest BCUT2D eigenvalue weighted by molar-refractivity contribution is 5.96. The average molecular weight is 519 g/mol. The van der Waals surface area contributed by atoms with E-state index in [4.69, 9.17) is 0 Å². The van der Waals surface area contributed by atoms with Crippen LogP contribution in [0.1, 0.15) is 22.3 Å². The highest BCUT2D eigenvalue weighted by atomic mass is 15.1. The first kappa shape index (κ1) is 24.5. The van der Waals surface area contributed by atoms with Crippen LogP contribution >= 0.6 is 0 Å². The van der Waals surface area contributed by atoms with Crippen molar-refractivity contribution in [2.75, 3.05) is 23.9 Å². The van der Waals surface area contributed by atoms with E-state index in [0.717, 1.165) is 13.1 Å². The summed E-state index contributed by atoms with van der Waals surface area (Å²) in [7, 11) is 4.46. The van der Waals surface area contributed by atoms with Crippen LogP contribution in [-0.2, 0) is 13.1 Å². The van der Waals surface area contributed by atoms with Gasteiger partial charge in [0.1, 0.15) is 0 Å². The minimum Gasteiger partial charge on any atom is -0.370 e. The van der Waals surface area contributed by atoms with Crippen molar-refractivity contribution in [3.05, 3.63) is 131 Å². The Bertz CT molecular complexity index is 1770. The van der Waals surface area contributed by atoms with E-state index in [2.05, 4.69) is 147 Å². The Labute approximate surface area is 237 Å². The molecule has 0 aromatic heterocycles. The minimum atomic E-state index is 0.831. The topological polar surface area (TPSA) is 6.48 Å². The van der Waals surface area contributed by atoms with Crippen LogP contribution in [0, 0.1) is 13.8 Å². The molecule has 0 unspecified atom stereocenters. The Kier molecular flexibility index (Phi) is 5.86. The summed E-state index contributed by atoms with van der Waals surface area (Å²) in [5.41, 5.74) is 12.8. The van der Waals surface area contributed by atoms with Crippen molar-refractivity contribution in [1.29, 1.82) is 0 Å². The van der Waals surface area contributed by atoms with Crippen molar-refractivity contribution in [2.24, 2.45) is 0 Å². The molecule has 4 bridgehead atoms. The lowest BCUT2D eigenvalue weighted by Crippen LogP contribution is -2.19. The summed E-state index contributed by atoms with van der Waals surface area (Å²) >= 11 is 0. The molecule has 7 rings (SSSR count). The number of fused-ring (bicyclic) bond motifs is 10. The van der Waals surface area contributed by atoms with Crippen molar-refractivity contribution in [1.82, 2.24) is 0 Å². The SMILES string of the molecule is Cc1cc2cc(c1)-c1cc3ccccc3cc1N(C)Cc1cc(C)cc(c1)-c1cc3ccccc3cc1N(C)C2. The van der Waals surface area contributed by atoms with Gasteiger partial charge in [-0.05, 0) is 94.0 Å². The van der Waals surface area contributed by atoms with Gasteiger partial charge in [0.05, 0.1) is 0 Å². The normalized spacial score (nSPS) is 13.2. The van der Waals surface area contributed by atoms with Crippen LogP contribution < -0.4 is 9.80 Å². The van der Waals surface area contributed by atoms with Crippen LogP contribution in [0.3, 0.4) is 0 Å². The molecule has 1 heterocycles. The van der Waals surface area contributed by atoms with E-state index in [-0.39, 0.29) is 0 Å². The second-order valence-electron chi connectivity index (χ2n) is 11.6. The smallest absolute Gasteiger partial charge is 0.0452 e. The number of nitrogens with zero attached hydrogens (tertiary/aromatic N) is 2. The quantitative estimate of drug-likeness (QED) is 0.198. The Morgan fingerprint density at radius 3 is 1.23 bits per heavy atom. The molecule has 0 aliphatic carbocycles. The van der Waals surface area contributed by atoms with Gasteiger partial charge in [0.15, 0.2) is 0 Å². The van der Waals surface area contributed by atoms with E-state index < -0.39 is 0 Å². The average Bonchev–Trinajstić information content (AvgIpc) is 2.94. The Morgan fingerprint density at radius 2 is 0.825 bits per heavy atom. The zero-order valence-corrected chi connectivity index (χ0v) is 23.7. The monoisotopic (exact) mass is 518 g/mol. The molecular formula is C38H34N2. The van der Waals surface area contributed by atoms with Gasteiger partial charge in [-0.1, -0.05) is 83.9 Å². The van der Waals surface area contributed by atoms with Gasteiger partial charge in [0.25, 0.3) is 0 Å². The predicted octanol–water partition coefficient (Wildman–Crippen LogP) is 9.53. The fraction of sp³-hybridized carbons (Fsp3) is 0.158. The molecule has 2 heteroatoms. The number of benzene rings is 6. The number of rotatable bonds is 0. The molecule has 0 saturated heterocycles. The van der Waals surface area contributed by atoms with E-state index in [0.29, 0.717) is 0 Å². The lowest BCUT2D eigenvalue weighted by Gasteiger charge is -2.27. The van der Waals surface area contributed by atoms with Gasteiger partial charge in [-0.3, -0.25) is 0 Å². The zero-order chi connectivity index (χ0) is 27.4. The maximum absolute atomic E-state index is 2.42. The van der Waals surface area contributed by atoms with Gasteiger partial charge in [-0.25, -0.2) is 0 Å². The van der Waals surface area contributed by atoms with Crippen LogP contribution in [0.4, 0.5) is 11.4 Å². The van der Waals surface area contributed by atoms with Crippen LogP contribution in [0.2, 0.25) is 0 Å². The molecular weight excluding hydrogens is 484 g/mol. The standard InChI is InChI=1S/C38H34N2/c1-25-13-27-17-33(15-25)35-19-29-9-5-7-11-31(29)21-37(35)40(4)24-28-14-26(2)16-34(18-28)36-20-30-10-6-8-12-32(30)22-38(36)39(3)23-27/h5-22H,23-24H2,1-4H3. The third-order valence-electron chi connectivity index (χ3n) is 8.29. The van der Waals surface area contributed by atoms with Crippen LogP contribution in [0.25, 0.3) is 43.8 Å². The molecule has 0 radical (unpaired) electrons. The first-order valence-electron chi connectivity index (χ1n) is 14.1. The summed E-state index contributed by atoms with van der Waals surface area (Å²) in [6.45, 7) is 6.10. The van der Waals surface area contributed by atoms with E-state index in [1.54, 1.807) is 0 Å². The number of anilines is 2. The molecule has 0 N–H and O–H groups in total. The second-order valence-corrected chi connectivity index (χ2v) is 11.6. The zero-order valence-electron chi connectivity index (χ0n) is 23.7. The summed E-state index contributed by atoms with van der Waals surface area (Å²) in [6.07, 6.45) is 0. The third kappa shape index (κ3) is 4.40.